The summed E-state index contributed by atoms with van der Waals surface area (Å²) in [6.45, 7) is 9.32. The van der Waals surface area contributed by atoms with E-state index in [1.165, 1.54) is 11.0 Å². The van der Waals surface area contributed by atoms with Crippen molar-refractivity contribution < 1.29 is 14.1 Å². The van der Waals surface area contributed by atoms with E-state index in [9.17, 15) is 9.59 Å². The molecule has 0 radical (unpaired) electrons. The number of likely N-dealkylation sites (N-methyl/N-ethyl adjacent to an activating group) is 2. The zero-order chi connectivity index (χ0) is 26.1. The molecule has 0 aromatic carbocycles. The van der Waals surface area contributed by atoms with Crippen molar-refractivity contribution in [3.05, 3.63) is 35.3 Å². The lowest BCUT2D eigenvalue weighted by Crippen LogP contribution is -2.38. The van der Waals surface area contributed by atoms with Gasteiger partial charge < -0.3 is 25.0 Å². The van der Waals surface area contributed by atoms with Gasteiger partial charge in [-0.3, -0.25) is 9.59 Å². The fourth-order valence-corrected chi connectivity index (χ4v) is 2.57. The number of nitrogens with zero attached hydrogens (tertiary/aromatic N) is 5. The summed E-state index contributed by atoms with van der Waals surface area (Å²) < 4.78 is 5.10. The number of carbonyl (C=O) groups is 2. The van der Waals surface area contributed by atoms with Gasteiger partial charge in [0.1, 0.15) is 5.82 Å². The van der Waals surface area contributed by atoms with Gasteiger partial charge in [0.05, 0.1) is 24.0 Å². The summed E-state index contributed by atoms with van der Waals surface area (Å²) in [6, 6.07) is 1.72. The van der Waals surface area contributed by atoms with Crippen LogP contribution in [-0.2, 0) is 9.59 Å². The van der Waals surface area contributed by atoms with E-state index in [1.807, 2.05) is 32.8 Å². The Bertz CT molecular complexity index is 981. The molecule has 0 fully saturated rings. The Balaban J connectivity index is 2.58. The van der Waals surface area contributed by atoms with Crippen molar-refractivity contribution in [1.82, 2.24) is 25.6 Å². The maximum atomic E-state index is 12.1. The molecule has 10 nitrogen and oxygen atoms in total. The highest BCUT2D eigenvalue weighted by atomic mass is 16.5. The van der Waals surface area contributed by atoms with E-state index >= 15 is 0 Å². The van der Waals surface area contributed by atoms with Crippen LogP contribution in [0.5, 0.6) is 0 Å². The summed E-state index contributed by atoms with van der Waals surface area (Å²) in [7, 11) is 5.43. The average molecular weight is 484 g/mol. The monoisotopic (exact) mass is 483 g/mol. The van der Waals surface area contributed by atoms with Crippen LogP contribution < -0.4 is 10.6 Å². The number of carbonyl (C=O) groups excluding carboxylic acids is 2. The zero-order valence-electron chi connectivity index (χ0n) is 21.4. The first-order valence-electron chi connectivity index (χ1n) is 11.5. The first-order valence-corrected chi connectivity index (χ1v) is 11.5. The van der Waals surface area contributed by atoms with Crippen molar-refractivity contribution in [2.24, 2.45) is 9.98 Å². The van der Waals surface area contributed by atoms with E-state index in [2.05, 4.69) is 44.3 Å². The van der Waals surface area contributed by atoms with Gasteiger partial charge in [-0.05, 0) is 40.6 Å². The number of rotatable bonds is 14. The first-order chi connectivity index (χ1) is 16.8. The molecule has 0 aliphatic rings. The molecular weight excluding hydrogens is 446 g/mol. The lowest BCUT2D eigenvalue weighted by atomic mass is 10.2. The number of aromatic nitrogens is 1. The highest BCUT2D eigenvalue weighted by Crippen LogP contribution is 2.13. The van der Waals surface area contributed by atoms with Gasteiger partial charge in [-0.1, -0.05) is 30.0 Å². The molecule has 0 saturated carbocycles. The van der Waals surface area contributed by atoms with Gasteiger partial charge in [-0.25, -0.2) is 9.98 Å². The number of unbranched alkanes of at least 4 members (excludes halogenated alkanes) is 1. The maximum absolute atomic E-state index is 12.1. The molecule has 0 aliphatic carbocycles. The minimum absolute atomic E-state index is 0.00125. The SMILES string of the molecule is C=N/C(NCCC)=C(/C#CCCCNC(=O)CN(C)C(=O)/C=C/CN(C)C)C=Nc1cc(C)no1. The summed E-state index contributed by atoms with van der Waals surface area (Å²) in [5, 5.41) is 9.81. The number of allylic oxidation sites excluding steroid dienone is 1. The van der Waals surface area contributed by atoms with Crippen LogP contribution in [-0.4, -0.2) is 87.0 Å². The number of hydrogen-bond acceptors (Lipinski definition) is 8. The fourth-order valence-electron chi connectivity index (χ4n) is 2.57. The van der Waals surface area contributed by atoms with Crippen molar-refractivity contribution in [3.8, 4) is 11.8 Å². The highest BCUT2D eigenvalue weighted by Gasteiger charge is 2.09. The molecule has 190 valence electrons. The van der Waals surface area contributed by atoms with E-state index in [0.717, 1.165) is 18.7 Å². The third-order valence-electron chi connectivity index (χ3n) is 4.40. The first kappa shape index (κ1) is 29.3. The predicted octanol–water partition coefficient (Wildman–Crippen LogP) is 2.07. The molecule has 0 unspecified atom stereocenters. The molecule has 2 amide bonds. The molecule has 1 heterocycles. The lowest BCUT2D eigenvalue weighted by Gasteiger charge is -2.14. The van der Waals surface area contributed by atoms with Crippen LogP contribution >= 0.6 is 0 Å². The molecule has 35 heavy (non-hydrogen) atoms. The van der Waals surface area contributed by atoms with Crippen LogP contribution in [0.25, 0.3) is 0 Å². The Morgan fingerprint density at radius 3 is 2.66 bits per heavy atom. The third kappa shape index (κ3) is 12.9. The minimum atomic E-state index is -0.216. The number of aliphatic imine (C=N–C) groups is 2. The Morgan fingerprint density at radius 2 is 2.03 bits per heavy atom. The van der Waals surface area contributed by atoms with E-state index in [-0.39, 0.29) is 18.4 Å². The molecular formula is C25H37N7O3. The van der Waals surface area contributed by atoms with Crippen LogP contribution in [0.4, 0.5) is 5.88 Å². The second-order valence-electron chi connectivity index (χ2n) is 8.03. The second kappa shape index (κ2) is 16.8. The Kier molecular flexibility index (Phi) is 14.1. The van der Waals surface area contributed by atoms with Crippen LogP contribution in [0.15, 0.2) is 44.1 Å². The second-order valence-corrected chi connectivity index (χ2v) is 8.03. The van der Waals surface area contributed by atoms with Gasteiger partial charge in [-0.2, -0.15) is 0 Å². The van der Waals surface area contributed by atoms with Gasteiger partial charge >= 0.3 is 0 Å². The predicted molar refractivity (Wildman–Crippen MR) is 140 cm³/mol. The van der Waals surface area contributed by atoms with Crippen LogP contribution in [0.1, 0.15) is 31.9 Å². The highest BCUT2D eigenvalue weighted by molar-refractivity contribution is 5.91. The fraction of sp³-hybridized carbons (Fsp3) is 0.480. The number of aryl methyl sites for hydroxylation is 1. The van der Waals surface area contributed by atoms with E-state index in [4.69, 9.17) is 4.52 Å². The van der Waals surface area contributed by atoms with Crippen molar-refractivity contribution in [3.63, 3.8) is 0 Å². The van der Waals surface area contributed by atoms with Crippen molar-refractivity contribution in [1.29, 1.82) is 0 Å². The molecule has 0 saturated heterocycles. The molecule has 0 atom stereocenters. The summed E-state index contributed by atoms with van der Waals surface area (Å²) >= 11 is 0. The molecule has 10 heteroatoms. The van der Waals surface area contributed by atoms with Gasteiger partial charge in [0.15, 0.2) is 0 Å². The topological polar surface area (TPSA) is 115 Å². The molecule has 1 aromatic heterocycles. The van der Waals surface area contributed by atoms with Crippen molar-refractivity contribution >= 4 is 30.6 Å². The number of nitrogens with one attached hydrogen (secondary N) is 2. The van der Waals surface area contributed by atoms with E-state index in [1.54, 1.807) is 25.4 Å². The number of hydrogen-bond donors (Lipinski definition) is 2. The smallest absolute Gasteiger partial charge is 0.250 e. The lowest BCUT2D eigenvalue weighted by molar-refractivity contribution is -0.131. The summed E-state index contributed by atoms with van der Waals surface area (Å²) in [5.41, 5.74) is 1.31. The molecule has 1 aromatic rings. The van der Waals surface area contributed by atoms with E-state index in [0.29, 0.717) is 43.2 Å². The zero-order valence-corrected chi connectivity index (χ0v) is 21.4. The standard InChI is InChI=1S/C25H37N7O3/c1-7-14-28-25(26-3)21(18-29-23-17-20(2)30-35-23)12-9-8-10-15-27-22(33)19-32(6)24(34)13-11-16-31(4)5/h11,13,17-18,28H,3,7-8,10,14-16,19H2,1-2,4-6H3,(H,27,33)/b13-11+,25-21+,29-18?. The van der Waals surface area contributed by atoms with Gasteiger partial charge in [-0.15, -0.1) is 0 Å². The quantitative estimate of drug-likeness (QED) is 0.181. The molecule has 0 bridgehead atoms. The molecule has 0 spiro atoms. The molecule has 1 rings (SSSR count). The Morgan fingerprint density at radius 1 is 1.26 bits per heavy atom. The van der Waals surface area contributed by atoms with Crippen LogP contribution in [0.3, 0.4) is 0 Å². The molecule has 0 aliphatic heterocycles. The van der Waals surface area contributed by atoms with Crippen LogP contribution in [0.2, 0.25) is 0 Å². The van der Waals surface area contributed by atoms with Crippen LogP contribution in [0, 0.1) is 18.8 Å². The normalized spacial score (nSPS) is 11.8. The van der Waals surface area contributed by atoms with Crippen molar-refractivity contribution in [2.75, 3.05) is 47.3 Å². The van der Waals surface area contributed by atoms with Gasteiger partial charge in [0, 0.05) is 45.2 Å². The third-order valence-corrected chi connectivity index (χ3v) is 4.40. The summed E-state index contributed by atoms with van der Waals surface area (Å²) in [4.78, 5) is 35.7. The van der Waals surface area contributed by atoms with Crippen molar-refractivity contribution in [2.45, 2.75) is 33.1 Å². The molecule has 2 N–H and O–H groups in total. The average Bonchev–Trinajstić information content (AvgIpc) is 3.23. The van der Waals surface area contributed by atoms with E-state index < -0.39 is 0 Å². The van der Waals surface area contributed by atoms with Gasteiger partial charge in [0.25, 0.3) is 5.88 Å². The summed E-state index contributed by atoms with van der Waals surface area (Å²) in [5.74, 6) is 6.64. The Hall–Kier alpha value is -3.71. The van der Waals surface area contributed by atoms with Gasteiger partial charge in [0.2, 0.25) is 11.8 Å². The maximum Gasteiger partial charge on any atom is 0.250 e. The Labute approximate surface area is 208 Å². The largest absolute Gasteiger partial charge is 0.369 e. The summed E-state index contributed by atoms with van der Waals surface area (Å²) in [6.07, 6.45) is 6.94. The minimum Gasteiger partial charge on any atom is -0.369 e. The number of amides is 2.